The Morgan fingerprint density at radius 1 is 1.06 bits per heavy atom. The van der Waals surface area contributed by atoms with E-state index in [-0.39, 0.29) is 17.1 Å². The van der Waals surface area contributed by atoms with Crippen molar-refractivity contribution in [2.75, 3.05) is 5.32 Å². The van der Waals surface area contributed by atoms with Crippen LogP contribution in [-0.4, -0.2) is 15.9 Å². The molecule has 4 atom stereocenters. The molecule has 2 heterocycles. The third kappa shape index (κ3) is 3.49. The number of anilines is 1. The number of benzene rings is 1. The summed E-state index contributed by atoms with van der Waals surface area (Å²) in [7, 11) is 0. The minimum absolute atomic E-state index is 0.112. The van der Waals surface area contributed by atoms with Crippen LogP contribution in [0.25, 0.3) is 10.9 Å². The van der Waals surface area contributed by atoms with E-state index in [1.165, 1.54) is 11.6 Å². The Balaban J connectivity index is 1.15. The molecule has 3 aromatic rings. The molecule has 0 saturated heterocycles. The SMILES string of the molecule is C#Cc1ccc(NC(=O)C2(C3CC4CC(c5ccnc6ccc(F)cc56)C[C@@H]4C3)CC2)nc1. The average Bonchev–Trinajstić information content (AvgIpc) is 3.40. The van der Waals surface area contributed by atoms with Gasteiger partial charge in [0, 0.05) is 23.3 Å². The van der Waals surface area contributed by atoms with Crippen LogP contribution in [0.1, 0.15) is 55.6 Å². The first kappa shape index (κ1) is 20.4. The number of nitrogens with one attached hydrogen (secondary N) is 1. The summed E-state index contributed by atoms with van der Waals surface area (Å²) in [6.45, 7) is 0. The molecule has 3 unspecified atom stereocenters. The van der Waals surface area contributed by atoms with Crippen LogP contribution in [0.15, 0.2) is 48.8 Å². The number of aromatic nitrogens is 2. The number of fused-ring (bicyclic) bond motifs is 2. The number of halogens is 1. The molecule has 1 aromatic carbocycles. The number of carbonyl (C=O) groups excluding carboxylic acids is 1. The molecule has 3 aliphatic rings. The fraction of sp³-hybridized carbons (Fsp3) is 0.393. The Labute approximate surface area is 193 Å². The molecular formula is C28H26FN3O. The van der Waals surface area contributed by atoms with Crippen LogP contribution in [0.4, 0.5) is 10.2 Å². The first-order chi connectivity index (χ1) is 16.1. The van der Waals surface area contributed by atoms with Crippen LogP contribution < -0.4 is 5.32 Å². The van der Waals surface area contributed by atoms with Crippen molar-refractivity contribution in [3.05, 3.63) is 65.7 Å². The first-order valence-electron chi connectivity index (χ1n) is 11.8. The van der Waals surface area contributed by atoms with Crippen molar-refractivity contribution in [1.29, 1.82) is 0 Å². The van der Waals surface area contributed by atoms with Crippen molar-refractivity contribution < 1.29 is 9.18 Å². The maximum absolute atomic E-state index is 13.9. The topological polar surface area (TPSA) is 54.9 Å². The van der Waals surface area contributed by atoms with Gasteiger partial charge in [-0.3, -0.25) is 9.78 Å². The zero-order valence-corrected chi connectivity index (χ0v) is 18.4. The standard InChI is InChI=1S/C28H26FN3O/c1-2-17-3-6-26(31-16-17)32-27(33)28(8-9-28)21-13-18-11-20(12-19(18)14-21)23-7-10-30-25-5-4-22(29)15-24(23)25/h1,3-7,10,15-16,18-21H,8-9,11-14H2,(H,31,32,33)/t18-,19?,20?,21?/m1/s1. The fourth-order valence-electron chi connectivity index (χ4n) is 6.57. The Bertz CT molecular complexity index is 1260. The van der Waals surface area contributed by atoms with Crippen molar-refractivity contribution in [1.82, 2.24) is 9.97 Å². The molecule has 3 saturated carbocycles. The predicted octanol–water partition coefficient (Wildman–Crippen LogP) is 5.69. The summed E-state index contributed by atoms with van der Waals surface area (Å²) in [5, 5.41) is 3.98. The number of nitrogens with zero attached hydrogens (tertiary/aromatic N) is 2. The Kier molecular flexibility index (Phi) is 4.72. The number of hydrogen-bond donors (Lipinski definition) is 1. The number of carbonyl (C=O) groups is 1. The van der Waals surface area contributed by atoms with Crippen LogP contribution >= 0.6 is 0 Å². The maximum Gasteiger partial charge on any atom is 0.232 e. The predicted molar refractivity (Wildman–Crippen MR) is 126 cm³/mol. The number of rotatable bonds is 4. The van der Waals surface area contributed by atoms with Gasteiger partial charge < -0.3 is 5.32 Å². The summed E-state index contributed by atoms with van der Waals surface area (Å²) >= 11 is 0. The molecule has 33 heavy (non-hydrogen) atoms. The second-order valence-electron chi connectivity index (χ2n) is 10.1. The lowest BCUT2D eigenvalue weighted by Gasteiger charge is -2.24. The summed E-state index contributed by atoms with van der Waals surface area (Å²) in [6, 6.07) is 10.5. The van der Waals surface area contributed by atoms with Gasteiger partial charge in [-0.1, -0.05) is 5.92 Å². The van der Waals surface area contributed by atoms with Crippen molar-refractivity contribution in [2.24, 2.45) is 23.2 Å². The average molecular weight is 440 g/mol. The summed E-state index contributed by atoms with van der Waals surface area (Å²) < 4.78 is 13.9. The molecule has 5 heteroatoms. The third-order valence-electron chi connectivity index (χ3n) is 8.39. The van der Waals surface area contributed by atoms with Crippen LogP contribution in [0, 0.1) is 41.3 Å². The van der Waals surface area contributed by atoms with E-state index < -0.39 is 0 Å². The van der Waals surface area contributed by atoms with Crippen molar-refractivity contribution in [3.8, 4) is 12.3 Å². The zero-order valence-electron chi connectivity index (χ0n) is 18.4. The van der Waals surface area contributed by atoms with E-state index in [1.54, 1.807) is 30.5 Å². The van der Waals surface area contributed by atoms with Gasteiger partial charge in [0.1, 0.15) is 11.6 Å². The minimum atomic E-state index is -0.237. The smallest absolute Gasteiger partial charge is 0.232 e. The maximum atomic E-state index is 13.9. The van der Waals surface area contributed by atoms with Gasteiger partial charge in [0.25, 0.3) is 0 Å². The highest BCUT2D eigenvalue weighted by Gasteiger charge is 2.59. The van der Waals surface area contributed by atoms with E-state index in [1.807, 2.05) is 6.20 Å². The first-order valence-corrected chi connectivity index (χ1v) is 11.8. The molecule has 1 N–H and O–H groups in total. The molecule has 0 spiro atoms. The monoisotopic (exact) mass is 439 g/mol. The van der Waals surface area contributed by atoms with E-state index in [9.17, 15) is 9.18 Å². The van der Waals surface area contributed by atoms with Gasteiger partial charge in [-0.05, 0) is 104 Å². The lowest BCUT2D eigenvalue weighted by Crippen LogP contribution is -2.30. The number of hydrogen-bond acceptors (Lipinski definition) is 3. The summed E-state index contributed by atoms with van der Waals surface area (Å²) in [6.07, 6.45) is 15.2. The normalized spacial score (nSPS) is 27.2. The molecule has 6 rings (SSSR count). The van der Waals surface area contributed by atoms with Gasteiger partial charge in [-0.25, -0.2) is 9.37 Å². The highest BCUT2D eigenvalue weighted by atomic mass is 19.1. The molecule has 166 valence electrons. The van der Waals surface area contributed by atoms with E-state index in [4.69, 9.17) is 6.42 Å². The van der Waals surface area contributed by atoms with Crippen LogP contribution in [0.5, 0.6) is 0 Å². The van der Waals surface area contributed by atoms with Crippen LogP contribution in [0.2, 0.25) is 0 Å². The molecule has 3 fully saturated rings. The van der Waals surface area contributed by atoms with Crippen molar-refractivity contribution in [3.63, 3.8) is 0 Å². The Morgan fingerprint density at radius 3 is 2.52 bits per heavy atom. The molecule has 1 amide bonds. The molecule has 0 aliphatic heterocycles. The van der Waals surface area contributed by atoms with Gasteiger partial charge in [-0.15, -0.1) is 6.42 Å². The molecular weight excluding hydrogens is 413 g/mol. The van der Waals surface area contributed by atoms with E-state index in [0.717, 1.165) is 49.4 Å². The lowest BCUT2D eigenvalue weighted by molar-refractivity contribution is -0.123. The summed E-state index contributed by atoms with van der Waals surface area (Å²) in [4.78, 5) is 21.9. The molecule has 0 bridgehead atoms. The van der Waals surface area contributed by atoms with E-state index in [2.05, 4.69) is 27.3 Å². The molecule has 0 radical (unpaired) electrons. The molecule has 4 nitrogen and oxygen atoms in total. The van der Waals surface area contributed by atoms with E-state index >= 15 is 0 Å². The Morgan fingerprint density at radius 2 is 1.85 bits per heavy atom. The second kappa shape index (κ2) is 7.66. The molecule has 3 aliphatic carbocycles. The highest BCUT2D eigenvalue weighted by Crippen LogP contribution is 2.63. The number of pyridine rings is 2. The quantitative estimate of drug-likeness (QED) is 0.532. The van der Waals surface area contributed by atoms with Crippen LogP contribution in [-0.2, 0) is 4.79 Å². The second-order valence-corrected chi connectivity index (χ2v) is 10.1. The lowest BCUT2D eigenvalue weighted by atomic mass is 9.83. The largest absolute Gasteiger partial charge is 0.310 e. The van der Waals surface area contributed by atoms with Crippen molar-refractivity contribution in [2.45, 2.75) is 44.4 Å². The minimum Gasteiger partial charge on any atom is -0.310 e. The Hall–Kier alpha value is -3.26. The van der Waals surface area contributed by atoms with E-state index in [0.29, 0.717) is 35.1 Å². The fourth-order valence-corrected chi connectivity index (χ4v) is 6.57. The van der Waals surface area contributed by atoms with Gasteiger partial charge in [0.05, 0.1) is 10.9 Å². The highest BCUT2D eigenvalue weighted by molar-refractivity contribution is 5.96. The van der Waals surface area contributed by atoms with Gasteiger partial charge in [0.2, 0.25) is 5.91 Å². The number of amides is 1. The van der Waals surface area contributed by atoms with Gasteiger partial charge >= 0.3 is 0 Å². The molecule has 2 aromatic heterocycles. The zero-order chi connectivity index (χ0) is 22.6. The summed E-state index contributed by atoms with van der Waals surface area (Å²) in [5.74, 6) is 5.17. The van der Waals surface area contributed by atoms with Crippen LogP contribution in [0.3, 0.4) is 0 Å². The van der Waals surface area contributed by atoms with Crippen molar-refractivity contribution >= 4 is 22.6 Å². The van der Waals surface area contributed by atoms with Gasteiger partial charge in [0.15, 0.2) is 0 Å². The third-order valence-corrected chi connectivity index (χ3v) is 8.39. The summed E-state index contributed by atoms with van der Waals surface area (Å²) in [5.41, 5.74) is 2.56. The van der Waals surface area contributed by atoms with Gasteiger partial charge in [-0.2, -0.15) is 0 Å². The number of terminal acetylenes is 1.